The van der Waals surface area contributed by atoms with Crippen LogP contribution in [0.4, 0.5) is 4.39 Å². The van der Waals surface area contributed by atoms with E-state index < -0.39 is 0 Å². The molecule has 0 saturated carbocycles. The summed E-state index contributed by atoms with van der Waals surface area (Å²) < 4.78 is 18.8. The molecule has 0 heterocycles. The van der Waals surface area contributed by atoms with E-state index in [1.165, 1.54) is 12.1 Å². The van der Waals surface area contributed by atoms with Gasteiger partial charge in [0, 0.05) is 5.56 Å². The van der Waals surface area contributed by atoms with Crippen LogP contribution < -0.4 is 4.74 Å². The highest BCUT2D eigenvalue weighted by Crippen LogP contribution is 2.22. The van der Waals surface area contributed by atoms with Crippen LogP contribution in [-0.4, -0.2) is 10.9 Å². The summed E-state index contributed by atoms with van der Waals surface area (Å²) >= 11 is 0. The van der Waals surface area contributed by atoms with Gasteiger partial charge in [0.1, 0.15) is 18.2 Å². The van der Waals surface area contributed by atoms with E-state index in [1.807, 2.05) is 25.1 Å². The van der Waals surface area contributed by atoms with E-state index in [4.69, 9.17) is 9.94 Å². The Morgan fingerprint density at radius 1 is 1.25 bits per heavy atom. The fourth-order valence-corrected chi connectivity index (χ4v) is 1.89. The second kappa shape index (κ2) is 6.19. The largest absolute Gasteiger partial charge is 0.488 e. The molecule has 0 fully saturated rings. The summed E-state index contributed by atoms with van der Waals surface area (Å²) in [5.41, 5.74) is 2.97. The minimum absolute atomic E-state index is 0.257. The van der Waals surface area contributed by atoms with Gasteiger partial charge in [-0.1, -0.05) is 23.4 Å². The second-order valence-electron chi connectivity index (χ2n) is 4.60. The molecular weight excluding hydrogens is 257 g/mol. The highest BCUT2D eigenvalue weighted by Gasteiger charge is 2.08. The van der Waals surface area contributed by atoms with Crippen molar-refractivity contribution < 1.29 is 14.3 Å². The van der Waals surface area contributed by atoms with Crippen LogP contribution in [0.2, 0.25) is 0 Å². The maximum atomic E-state index is 13.1. The third-order valence-electron chi connectivity index (χ3n) is 2.96. The SMILES string of the molecule is CC(=NO)c1ccc(C)cc1OCc1cccc(F)c1. The van der Waals surface area contributed by atoms with Gasteiger partial charge in [-0.2, -0.15) is 0 Å². The first-order chi connectivity index (χ1) is 9.60. The van der Waals surface area contributed by atoms with Crippen LogP contribution in [0.5, 0.6) is 5.75 Å². The Kier molecular flexibility index (Phi) is 4.35. The van der Waals surface area contributed by atoms with Crippen molar-refractivity contribution in [2.75, 3.05) is 0 Å². The first-order valence-electron chi connectivity index (χ1n) is 6.27. The number of halogens is 1. The molecule has 0 aliphatic carbocycles. The molecule has 0 atom stereocenters. The summed E-state index contributed by atoms with van der Waals surface area (Å²) in [5.74, 6) is 0.327. The molecule has 20 heavy (non-hydrogen) atoms. The molecular formula is C16H16FNO2. The zero-order chi connectivity index (χ0) is 14.5. The van der Waals surface area contributed by atoms with Crippen LogP contribution in [0, 0.1) is 12.7 Å². The summed E-state index contributed by atoms with van der Waals surface area (Å²) in [7, 11) is 0. The van der Waals surface area contributed by atoms with Gasteiger partial charge >= 0.3 is 0 Å². The van der Waals surface area contributed by atoms with E-state index in [0.717, 1.165) is 16.7 Å². The molecule has 0 saturated heterocycles. The van der Waals surface area contributed by atoms with Crippen molar-refractivity contribution in [2.24, 2.45) is 5.16 Å². The standard InChI is InChI=1S/C16H16FNO2/c1-11-6-7-15(12(2)18-19)16(8-11)20-10-13-4-3-5-14(17)9-13/h3-9,19H,10H2,1-2H3. The summed E-state index contributed by atoms with van der Waals surface area (Å²) in [6.07, 6.45) is 0. The fourth-order valence-electron chi connectivity index (χ4n) is 1.89. The monoisotopic (exact) mass is 273 g/mol. The van der Waals surface area contributed by atoms with E-state index in [-0.39, 0.29) is 12.4 Å². The molecule has 1 N–H and O–H groups in total. The van der Waals surface area contributed by atoms with Gasteiger partial charge in [0.05, 0.1) is 5.71 Å². The molecule has 0 aliphatic heterocycles. The zero-order valence-corrected chi connectivity index (χ0v) is 11.4. The maximum Gasteiger partial charge on any atom is 0.129 e. The molecule has 104 valence electrons. The Balaban J connectivity index is 2.22. The van der Waals surface area contributed by atoms with Crippen LogP contribution in [0.15, 0.2) is 47.6 Å². The van der Waals surface area contributed by atoms with Crippen molar-refractivity contribution >= 4 is 5.71 Å². The Hall–Kier alpha value is -2.36. The second-order valence-corrected chi connectivity index (χ2v) is 4.60. The third kappa shape index (κ3) is 3.35. The first-order valence-corrected chi connectivity index (χ1v) is 6.27. The highest BCUT2D eigenvalue weighted by molar-refractivity contribution is 6.00. The number of benzene rings is 2. The van der Waals surface area contributed by atoms with Crippen LogP contribution in [0.1, 0.15) is 23.6 Å². The summed E-state index contributed by atoms with van der Waals surface area (Å²) in [6, 6.07) is 11.9. The molecule has 2 aromatic carbocycles. The number of nitrogens with zero attached hydrogens (tertiary/aromatic N) is 1. The Morgan fingerprint density at radius 3 is 2.75 bits per heavy atom. The normalized spacial score (nSPS) is 11.4. The molecule has 2 rings (SSSR count). The van der Waals surface area contributed by atoms with E-state index in [0.29, 0.717) is 11.5 Å². The van der Waals surface area contributed by atoms with Crippen molar-refractivity contribution in [3.8, 4) is 5.75 Å². The number of hydrogen-bond acceptors (Lipinski definition) is 3. The molecule has 0 radical (unpaired) electrons. The van der Waals surface area contributed by atoms with Gasteiger partial charge in [0.25, 0.3) is 0 Å². The molecule has 0 aromatic heterocycles. The highest BCUT2D eigenvalue weighted by atomic mass is 19.1. The average molecular weight is 273 g/mol. The molecule has 0 aliphatic rings. The molecule has 3 nitrogen and oxygen atoms in total. The molecule has 0 spiro atoms. The lowest BCUT2D eigenvalue weighted by Gasteiger charge is -2.12. The van der Waals surface area contributed by atoms with Gasteiger partial charge < -0.3 is 9.94 Å². The summed E-state index contributed by atoms with van der Waals surface area (Å²) in [4.78, 5) is 0. The predicted octanol–water partition coefficient (Wildman–Crippen LogP) is 3.91. The quantitative estimate of drug-likeness (QED) is 0.521. The van der Waals surface area contributed by atoms with Gasteiger partial charge in [-0.05, 0) is 49.2 Å². The smallest absolute Gasteiger partial charge is 0.129 e. The van der Waals surface area contributed by atoms with Crippen molar-refractivity contribution in [2.45, 2.75) is 20.5 Å². The van der Waals surface area contributed by atoms with Crippen molar-refractivity contribution in [1.82, 2.24) is 0 Å². The lowest BCUT2D eigenvalue weighted by molar-refractivity contribution is 0.302. The molecule has 2 aromatic rings. The Bertz CT molecular complexity index is 638. The van der Waals surface area contributed by atoms with Crippen LogP contribution in [0.25, 0.3) is 0 Å². The lowest BCUT2D eigenvalue weighted by atomic mass is 10.1. The van der Waals surface area contributed by atoms with Crippen molar-refractivity contribution in [1.29, 1.82) is 0 Å². The third-order valence-corrected chi connectivity index (χ3v) is 2.96. The first kappa shape index (κ1) is 14.1. The van der Waals surface area contributed by atoms with Crippen molar-refractivity contribution in [3.63, 3.8) is 0 Å². The Labute approximate surface area is 117 Å². The zero-order valence-electron chi connectivity index (χ0n) is 11.4. The number of oxime groups is 1. The van der Waals surface area contributed by atoms with E-state index >= 15 is 0 Å². The van der Waals surface area contributed by atoms with E-state index in [9.17, 15) is 4.39 Å². The van der Waals surface area contributed by atoms with Gasteiger partial charge in [-0.3, -0.25) is 0 Å². The van der Waals surface area contributed by atoms with Crippen LogP contribution in [0.3, 0.4) is 0 Å². The topological polar surface area (TPSA) is 41.8 Å². The number of rotatable bonds is 4. The van der Waals surface area contributed by atoms with Crippen LogP contribution >= 0.6 is 0 Å². The van der Waals surface area contributed by atoms with Gasteiger partial charge in [0.2, 0.25) is 0 Å². The van der Waals surface area contributed by atoms with Gasteiger partial charge in [-0.25, -0.2) is 4.39 Å². The van der Waals surface area contributed by atoms with Crippen molar-refractivity contribution in [3.05, 3.63) is 65.0 Å². The number of aryl methyl sites for hydroxylation is 1. The fraction of sp³-hybridized carbons (Fsp3) is 0.188. The van der Waals surface area contributed by atoms with Gasteiger partial charge in [-0.15, -0.1) is 0 Å². The van der Waals surface area contributed by atoms with E-state index in [2.05, 4.69) is 5.16 Å². The predicted molar refractivity (Wildman–Crippen MR) is 75.9 cm³/mol. The maximum absolute atomic E-state index is 13.1. The summed E-state index contributed by atoms with van der Waals surface area (Å²) in [5, 5.41) is 12.1. The number of ether oxygens (including phenoxy) is 1. The molecule has 0 unspecified atom stereocenters. The lowest BCUT2D eigenvalue weighted by Crippen LogP contribution is -2.03. The molecule has 0 bridgehead atoms. The molecule has 4 heteroatoms. The summed E-state index contributed by atoms with van der Waals surface area (Å²) in [6.45, 7) is 3.90. The van der Waals surface area contributed by atoms with Crippen LogP contribution in [-0.2, 0) is 6.61 Å². The minimum atomic E-state index is -0.288. The minimum Gasteiger partial charge on any atom is -0.488 e. The number of hydrogen-bond donors (Lipinski definition) is 1. The molecule has 0 amide bonds. The Morgan fingerprint density at radius 2 is 2.05 bits per heavy atom. The van der Waals surface area contributed by atoms with Gasteiger partial charge in [0.15, 0.2) is 0 Å². The average Bonchev–Trinajstić information content (AvgIpc) is 2.44. The van der Waals surface area contributed by atoms with E-state index in [1.54, 1.807) is 19.1 Å².